The Morgan fingerprint density at radius 3 is 2.18 bits per heavy atom. The molecule has 1 aliphatic rings. The average molecular weight is 436 g/mol. The van der Waals surface area contributed by atoms with Crippen molar-refractivity contribution in [1.82, 2.24) is 13.5 Å². The van der Waals surface area contributed by atoms with E-state index in [4.69, 9.17) is 9.47 Å². The zero-order valence-electron chi connectivity index (χ0n) is 16.3. The molecule has 1 aromatic carbocycles. The minimum absolute atomic E-state index is 0.00839. The molecule has 2 rings (SSSR count). The van der Waals surface area contributed by atoms with Crippen molar-refractivity contribution in [3.8, 4) is 11.5 Å². The molecule has 1 fully saturated rings. The smallest absolute Gasteiger partial charge is 0.247 e. The number of piperazine rings is 1. The van der Waals surface area contributed by atoms with Gasteiger partial charge in [0.25, 0.3) is 0 Å². The summed E-state index contributed by atoms with van der Waals surface area (Å²) in [6.45, 7) is 0.243. The monoisotopic (exact) mass is 435 g/mol. The van der Waals surface area contributed by atoms with E-state index in [-0.39, 0.29) is 49.3 Å². The van der Waals surface area contributed by atoms with Gasteiger partial charge in [-0.25, -0.2) is 16.8 Å². The van der Waals surface area contributed by atoms with Crippen LogP contribution in [0.4, 0.5) is 0 Å². The van der Waals surface area contributed by atoms with Gasteiger partial charge in [0.1, 0.15) is 16.4 Å². The highest BCUT2D eigenvalue weighted by Crippen LogP contribution is 2.31. The summed E-state index contributed by atoms with van der Waals surface area (Å²) in [6.07, 6.45) is 1.02. The fourth-order valence-corrected chi connectivity index (χ4v) is 4.65. The second kappa shape index (κ2) is 8.64. The zero-order chi connectivity index (χ0) is 21.1. The van der Waals surface area contributed by atoms with Crippen molar-refractivity contribution in [1.29, 1.82) is 0 Å². The molecule has 0 atom stereocenters. The van der Waals surface area contributed by atoms with Crippen LogP contribution in [0, 0.1) is 0 Å². The molecule has 0 bridgehead atoms. The van der Waals surface area contributed by atoms with Crippen LogP contribution in [0.25, 0.3) is 0 Å². The van der Waals surface area contributed by atoms with Gasteiger partial charge in [-0.05, 0) is 12.1 Å². The van der Waals surface area contributed by atoms with Crippen LogP contribution in [-0.4, -0.2) is 96.5 Å². The minimum atomic E-state index is -3.85. The first-order chi connectivity index (χ1) is 13.0. The molecular formula is C16H25N3O7S2. The molecule has 10 nitrogen and oxygen atoms in total. The number of methoxy groups -OCH3 is 2. The van der Waals surface area contributed by atoms with Crippen LogP contribution in [0.2, 0.25) is 0 Å². The predicted octanol–water partition coefficient (Wildman–Crippen LogP) is -0.572. The lowest BCUT2D eigenvalue weighted by Crippen LogP contribution is -2.52. The number of rotatable bonds is 7. The third-order valence-corrected chi connectivity index (χ3v) is 7.69. The van der Waals surface area contributed by atoms with E-state index in [1.54, 1.807) is 6.07 Å². The Morgan fingerprint density at radius 2 is 1.68 bits per heavy atom. The highest BCUT2D eigenvalue weighted by atomic mass is 32.2. The molecule has 0 radical (unpaired) electrons. The van der Waals surface area contributed by atoms with E-state index in [0.29, 0.717) is 5.75 Å². The summed E-state index contributed by atoms with van der Waals surface area (Å²) in [4.78, 5) is 13.7. The summed E-state index contributed by atoms with van der Waals surface area (Å²) in [6, 6.07) is 4.52. The van der Waals surface area contributed by atoms with E-state index < -0.39 is 20.0 Å². The van der Waals surface area contributed by atoms with Crippen LogP contribution in [-0.2, 0) is 24.8 Å². The Kier molecular flexibility index (Phi) is 6.91. The van der Waals surface area contributed by atoms with E-state index in [1.165, 1.54) is 42.6 Å². The molecule has 158 valence electrons. The number of sulfonamides is 2. The Labute approximate surface area is 165 Å². The number of hydrogen-bond acceptors (Lipinski definition) is 7. The number of carbonyl (C=O) groups excluding carboxylic acids is 1. The number of nitrogens with zero attached hydrogens (tertiary/aromatic N) is 3. The highest BCUT2D eigenvalue weighted by molar-refractivity contribution is 7.89. The van der Waals surface area contributed by atoms with Crippen LogP contribution in [0.15, 0.2) is 23.1 Å². The lowest BCUT2D eigenvalue weighted by molar-refractivity contribution is -0.132. The molecule has 28 heavy (non-hydrogen) atoms. The summed E-state index contributed by atoms with van der Waals surface area (Å²) in [7, 11) is -3.17. The van der Waals surface area contributed by atoms with Crippen LogP contribution in [0.3, 0.4) is 0 Å². The lowest BCUT2D eigenvalue weighted by atomic mass is 10.3. The topological polar surface area (TPSA) is 114 Å². The first kappa shape index (κ1) is 22.4. The van der Waals surface area contributed by atoms with Gasteiger partial charge < -0.3 is 14.4 Å². The van der Waals surface area contributed by atoms with Gasteiger partial charge in [-0.15, -0.1) is 0 Å². The van der Waals surface area contributed by atoms with Crippen molar-refractivity contribution < 1.29 is 31.1 Å². The maximum atomic E-state index is 13.0. The SMILES string of the molecule is COc1ccc(OC)c(S(=O)(=O)N2CCN(C(=O)CN(C)S(C)(=O)=O)CC2)c1. The molecule has 0 spiro atoms. The van der Waals surface area contributed by atoms with Crippen LogP contribution in [0.1, 0.15) is 0 Å². The van der Waals surface area contributed by atoms with Gasteiger partial charge in [0, 0.05) is 39.3 Å². The van der Waals surface area contributed by atoms with Crippen LogP contribution in [0.5, 0.6) is 11.5 Å². The molecule has 1 aromatic rings. The highest BCUT2D eigenvalue weighted by Gasteiger charge is 2.33. The Hall–Kier alpha value is -1.89. The maximum Gasteiger partial charge on any atom is 0.247 e. The van der Waals surface area contributed by atoms with E-state index >= 15 is 0 Å². The van der Waals surface area contributed by atoms with Gasteiger partial charge in [-0.1, -0.05) is 0 Å². The largest absolute Gasteiger partial charge is 0.497 e. The first-order valence-corrected chi connectivity index (χ1v) is 11.7. The molecule has 1 saturated heterocycles. The van der Waals surface area contributed by atoms with E-state index in [2.05, 4.69) is 0 Å². The van der Waals surface area contributed by atoms with Crippen molar-refractivity contribution >= 4 is 26.0 Å². The minimum Gasteiger partial charge on any atom is -0.497 e. The first-order valence-electron chi connectivity index (χ1n) is 8.42. The Morgan fingerprint density at radius 1 is 1.07 bits per heavy atom. The second-order valence-corrected chi connectivity index (χ2v) is 10.3. The molecule has 0 saturated carbocycles. The molecule has 0 unspecified atom stereocenters. The number of carbonyl (C=O) groups is 1. The van der Waals surface area contributed by atoms with Gasteiger partial charge in [0.2, 0.25) is 26.0 Å². The number of likely N-dealkylation sites (N-methyl/N-ethyl adjacent to an activating group) is 1. The van der Waals surface area contributed by atoms with Gasteiger partial charge in [-0.2, -0.15) is 8.61 Å². The fraction of sp³-hybridized carbons (Fsp3) is 0.562. The second-order valence-electron chi connectivity index (χ2n) is 6.32. The summed E-state index contributed by atoms with van der Waals surface area (Å²) in [5.74, 6) is 0.218. The third kappa shape index (κ3) is 4.93. The normalized spacial score (nSPS) is 16.2. The van der Waals surface area contributed by atoms with Gasteiger partial charge in [0.15, 0.2) is 0 Å². The van der Waals surface area contributed by atoms with Crippen molar-refractivity contribution in [2.75, 3.05) is 60.2 Å². The number of hydrogen-bond donors (Lipinski definition) is 0. The number of benzene rings is 1. The van der Waals surface area contributed by atoms with Gasteiger partial charge in [0.05, 0.1) is 27.0 Å². The van der Waals surface area contributed by atoms with Gasteiger partial charge in [-0.3, -0.25) is 4.79 Å². The molecule has 1 aliphatic heterocycles. The third-order valence-electron chi connectivity index (χ3n) is 4.50. The summed E-state index contributed by atoms with van der Waals surface area (Å²) >= 11 is 0. The molecule has 1 heterocycles. The quantitative estimate of drug-likeness (QED) is 0.563. The Bertz CT molecular complexity index is 924. The summed E-state index contributed by atoms with van der Waals surface area (Å²) in [5, 5.41) is 0. The molecule has 1 amide bonds. The van der Waals surface area contributed by atoms with E-state index in [9.17, 15) is 21.6 Å². The molecular weight excluding hydrogens is 410 g/mol. The molecule has 0 aliphatic carbocycles. The zero-order valence-corrected chi connectivity index (χ0v) is 17.9. The van der Waals surface area contributed by atoms with Crippen molar-refractivity contribution in [2.45, 2.75) is 4.90 Å². The maximum absolute atomic E-state index is 13.0. The van der Waals surface area contributed by atoms with Gasteiger partial charge >= 0.3 is 0 Å². The fourth-order valence-electron chi connectivity index (χ4n) is 2.71. The van der Waals surface area contributed by atoms with Crippen molar-refractivity contribution in [2.24, 2.45) is 0 Å². The van der Waals surface area contributed by atoms with E-state index in [1.807, 2.05) is 0 Å². The Balaban J connectivity index is 2.11. The van der Waals surface area contributed by atoms with Crippen molar-refractivity contribution in [3.05, 3.63) is 18.2 Å². The van der Waals surface area contributed by atoms with Crippen LogP contribution >= 0.6 is 0 Å². The standard InChI is InChI=1S/C16H25N3O7S2/c1-17(27(4,21)22)12-16(20)18-7-9-19(10-8-18)28(23,24)15-11-13(25-2)5-6-14(15)26-3/h5-6,11H,7-10,12H2,1-4H3. The summed E-state index contributed by atoms with van der Waals surface area (Å²) < 4.78 is 61.4. The summed E-state index contributed by atoms with van der Waals surface area (Å²) in [5.41, 5.74) is 0. The van der Waals surface area contributed by atoms with E-state index in [0.717, 1.165) is 10.6 Å². The molecule has 0 N–H and O–H groups in total. The predicted molar refractivity (Wildman–Crippen MR) is 102 cm³/mol. The molecule has 0 aromatic heterocycles. The average Bonchev–Trinajstić information content (AvgIpc) is 2.66. The molecule has 12 heteroatoms. The number of amides is 1. The number of ether oxygens (including phenoxy) is 2. The lowest BCUT2D eigenvalue weighted by Gasteiger charge is -2.34. The van der Waals surface area contributed by atoms with Crippen molar-refractivity contribution in [3.63, 3.8) is 0 Å². The van der Waals surface area contributed by atoms with Crippen LogP contribution < -0.4 is 9.47 Å².